The molecule has 1 aromatic carbocycles. The third-order valence-corrected chi connectivity index (χ3v) is 7.48. The number of hydrogen-bond acceptors (Lipinski definition) is 5. The summed E-state index contributed by atoms with van der Waals surface area (Å²) in [6, 6.07) is 3.43. The van der Waals surface area contributed by atoms with Crippen molar-refractivity contribution in [3.63, 3.8) is 0 Å². The third kappa shape index (κ3) is 6.02. The first kappa shape index (κ1) is 27.0. The minimum atomic E-state index is -4.54. The predicted molar refractivity (Wildman–Crippen MR) is 139 cm³/mol. The Morgan fingerprint density at radius 2 is 1.74 bits per heavy atom. The Hall–Kier alpha value is -3.63. The maximum atomic E-state index is 13.6. The fourth-order valence-electron chi connectivity index (χ4n) is 5.08. The lowest BCUT2D eigenvalue weighted by molar-refractivity contribution is -0.137. The number of halogens is 3. The number of H-pyrrole nitrogens is 1. The van der Waals surface area contributed by atoms with Crippen molar-refractivity contribution in [3.05, 3.63) is 41.3 Å². The number of aromatic nitrogens is 3. The Kier molecular flexibility index (Phi) is 7.51. The van der Waals surface area contributed by atoms with Crippen LogP contribution >= 0.6 is 0 Å². The van der Waals surface area contributed by atoms with Gasteiger partial charge in [0.1, 0.15) is 23.3 Å². The molecule has 2 aliphatic carbocycles. The van der Waals surface area contributed by atoms with Gasteiger partial charge in [-0.25, -0.2) is 9.97 Å². The van der Waals surface area contributed by atoms with Gasteiger partial charge >= 0.3 is 6.18 Å². The highest BCUT2D eigenvalue weighted by molar-refractivity contribution is 6.09. The number of carbonyl (C=O) groups is 2. The topological polar surface area (TPSA) is 109 Å². The molecular formula is C28H32F3N5O3. The van der Waals surface area contributed by atoms with E-state index in [2.05, 4.69) is 25.6 Å². The van der Waals surface area contributed by atoms with E-state index in [0.29, 0.717) is 47.0 Å². The fourth-order valence-corrected chi connectivity index (χ4v) is 5.08. The van der Waals surface area contributed by atoms with Crippen LogP contribution in [0.4, 0.5) is 13.2 Å². The van der Waals surface area contributed by atoms with Crippen molar-refractivity contribution < 1.29 is 27.5 Å². The van der Waals surface area contributed by atoms with Crippen LogP contribution < -0.4 is 15.4 Å². The molecular weight excluding hydrogens is 511 g/mol. The largest absolute Gasteiger partial charge is 0.493 e. The quantitative estimate of drug-likeness (QED) is 0.357. The number of ether oxygens (including phenoxy) is 1. The maximum Gasteiger partial charge on any atom is 0.416 e. The molecule has 0 aliphatic heterocycles. The van der Waals surface area contributed by atoms with E-state index < -0.39 is 11.7 Å². The lowest BCUT2D eigenvalue weighted by atomic mass is 9.91. The highest BCUT2D eigenvalue weighted by Gasteiger charge is 2.33. The van der Waals surface area contributed by atoms with Gasteiger partial charge in [-0.15, -0.1) is 0 Å². The van der Waals surface area contributed by atoms with Crippen molar-refractivity contribution in [3.8, 4) is 17.0 Å². The van der Waals surface area contributed by atoms with E-state index in [-0.39, 0.29) is 35.2 Å². The molecule has 2 aliphatic rings. The van der Waals surface area contributed by atoms with E-state index in [9.17, 15) is 22.8 Å². The summed E-state index contributed by atoms with van der Waals surface area (Å²) in [7, 11) is 0. The van der Waals surface area contributed by atoms with Crippen LogP contribution in [-0.2, 0) is 11.0 Å². The van der Waals surface area contributed by atoms with Gasteiger partial charge in [-0.1, -0.05) is 6.92 Å². The monoisotopic (exact) mass is 543 g/mol. The first-order valence-electron chi connectivity index (χ1n) is 13.4. The number of aromatic amines is 1. The van der Waals surface area contributed by atoms with E-state index in [1.807, 2.05) is 6.92 Å². The van der Waals surface area contributed by atoms with E-state index in [1.165, 1.54) is 12.4 Å². The molecule has 2 heterocycles. The van der Waals surface area contributed by atoms with E-state index in [0.717, 1.165) is 50.7 Å². The number of aryl methyl sites for hydroxylation is 1. The number of nitrogens with zero attached hydrogens (tertiary/aromatic N) is 2. The molecule has 8 nitrogen and oxygen atoms in total. The van der Waals surface area contributed by atoms with Crippen molar-refractivity contribution in [2.24, 2.45) is 5.92 Å². The smallest absolute Gasteiger partial charge is 0.416 e. The van der Waals surface area contributed by atoms with Crippen molar-refractivity contribution in [1.29, 1.82) is 0 Å². The Balaban J connectivity index is 1.42. The summed E-state index contributed by atoms with van der Waals surface area (Å²) >= 11 is 0. The molecule has 208 valence electrons. The molecule has 0 radical (unpaired) electrons. The van der Waals surface area contributed by atoms with Gasteiger partial charge in [0.2, 0.25) is 5.91 Å². The van der Waals surface area contributed by atoms with Gasteiger partial charge in [-0.05, 0) is 69.6 Å². The third-order valence-electron chi connectivity index (χ3n) is 7.48. The van der Waals surface area contributed by atoms with E-state index in [4.69, 9.17) is 4.74 Å². The van der Waals surface area contributed by atoms with Crippen LogP contribution in [0, 0.1) is 12.8 Å². The fraction of sp³-hybridized carbons (Fsp3) is 0.500. The van der Waals surface area contributed by atoms with Crippen LogP contribution in [0.25, 0.3) is 22.3 Å². The van der Waals surface area contributed by atoms with Crippen molar-refractivity contribution >= 4 is 22.8 Å². The second-order valence-corrected chi connectivity index (χ2v) is 10.5. The normalized spacial score (nSPS) is 19.6. The molecule has 2 amide bonds. The average molecular weight is 544 g/mol. The van der Waals surface area contributed by atoms with E-state index in [1.54, 1.807) is 6.92 Å². The summed E-state index contributed by atoms with van der Waals surface area (Å²) in [6.07, 6.45) is 2.24. The summed E-state index contributed by atoms with van der Waals surface area (Å²) in [6.45, 7) is 3.97. The number of fused-ring (bicyclic) bond motifs is 1. The molecule has 5 rings (SSSR count). The minimum Gasteiger partial charge on any atom is -0.493 e. The van der Waals surface area contributed by atoms with Gasteiger partial charge in [0.05, 0.1) is 23.3 Å². The highest BCUT2D eigenvalue weighted by Crippen LogP contribution is 2.40. The van der Waals surface area contributed by atoms with Gasteiger partial charge < -0.3 is 20.4 Å². The van der Waals surface area contributed by atoms with Gasteiger partial charge in [0, 0.05) is 29.8 Å². The van der Waals surface area contributed by atoms with Crippen LogP contribution in [0.3, 0.4) is 0 Å². The summed E-state index contributed by atoms with van der Waals surface area (Å²) in [5.74, 6) is 0.430. The summed E-state index contributed by atoms with van der Waals surface area (Å²) < 4.78 is 46.7. The number of nitrogens with one attached hydrogen (secondary N) is 3. The molecule has 0 bridgehead atoms. The van der Waals surface area contributed by atoms with Gasteiger partial charge in [-0.2, -0.15) is 13.2 Å². The number of benzene rings is 1. The number of amides is 2. The Bertz CT molecular complexity index is 1370. The zero-order valence-corrected chi connectivity index (χ0v) is 22.0. The Morgan fingerprint density at radius 3 is 2.38 bits per heavy atom. The maximum absolute atomic E-state index is 13.6. The van der Waals surface area contributed by atoms with E-state index >= 15 is 0 Å². The van der Waals surface area contributed by atoms with Crippen LogP contribution in [0.2, 0.25) is 0 Å². The predicted octanol–water partition coefficient (Wildman–Crippen LogP) is 5.31. The van der Waals surface area contributed by atoms with Gasteiger partial charge in [-0.3, -0.25) is 9.59 Å². The molecule has 39 heavy (non-hydrogen) atoms. The molecule has 2 fully saturated rings. The van der Waals surface area contributed by atoms with Crippen molar-refractivity contribution in [2.75, 3.05) is 6.61 Å². The highest BCUT2D eigenvalue weighted by atomic mass is 19.4. The lowest BCUT2D eigenvalue weighted by Gasteiger charge is -2.29. The standard InChI is InChI=1S/C28H32F3N5O3/c1-3-22(37)35-18-7-9-19(10-8-18)36-27(38)23-15(2)34-26-24(32-14-33-25(23)26)20-12-17(28(29,30)31)6-11-21(20)39-13-16-4-5-16/h6,11-12,14,16,18-19,34H,3-5,7-10,13H2,1-2H3,(H,35,37)(H,36,38)/t18-,19-. The first-order chi connectivity index (χ1) is 18.6. The molecule has 11 heteroatoms. The summed E-state index contributed by atoms with van der Waals surface area (Å²) in [5, 5.41) is 6.08. The SMILES string of the molecule is CCC(=O)N[C@H]1CC[C@H](NC(=O)c2c(C)[nH]c3c(-c4cc(C(F)(F)F)ccc4OCC4CC4)ncnc23)CC1. The van der Waals surface area contributed by atoms with Crippen LogP contribution in [-0.4, -0.2) is 45.5 Å². The molecule has 0 saturated heterocycles. The number of hydrogen-bond donors (Lipinski definition) is 3. The van der Waals surface area contributed by atoms with Crippen LogP contribution in [0.1, 0.15) is 73.5 Å². The number of alkyl halides is 3. The molecule has 0 spiro atoms. The zero-order valence-electron chi connectivity index (χ0n) is 22.0. The molecule has 2 saturated carbocycles. The molecule has 0 unspecified atom stereocenters. The van der Waals surface area contributed by atoms with Gasteiger partial charge in [0.15, 0.2) is 0 Å². The second kappa shape index (κ2) is 10.9. The minimum absolute atomic E-state index is 0.0225. The first-order valence-corrected chi connectivity index (χ1v) is 13.4. The van der Waals surface area contributed by atoms with Crippen molar-refractivity contribution in [2.45, 2.75) is 77.1 Å². The second-order valence-electron chi connectivity index (χ2n) is 10.5. The average Bonchev–Trinajstić information content (AvgIpc) is 3.67. The molecule has 0 atom stereocenters. The molecule has 2 aromatic heterocycles. The number of rotatable bonds is 8. The summed E-state index contributed by atoms with van der Waals surface area (Å²) in [4.78, 5) is 36.8. The van der Waals surface area contributed by atoms with Gasteiger partial charge in [0.25, 0.3) is 5.91 Å². The summed E-state index contributed by atoms with van der Waals surface area (Å²) in [5.41, 5.74) is 1.22. The molecule has 3 aromatic rings. The zero-order chi connectivity index (χ0) is 27.7. The lowest BCUT2D eigenvalue weighted by Crippen LogP contribution is -2.43. The number of carbonyl (C=O) groups excluding carboxylic acids is 2. The van der Waals surface area contributed by atoms with Crippen LogP contribution in [0.15, 0.2) is 24.5 Å². The molecule has 3 N–H and O–H groups in total. The Morgan fingerprint density at radius 1 is 1.05 bits per heavy atom. The van der Waals surface area contributed by atoms with Crippen LogP contribution in [0.5, 0.6) is 5.75 Å². The van der Waals surface area contributed by atoms with Crippen molar-refractivity contribution in [1.82, 2.24) is 25.6 Å². The Labute approximate surface area is 224 Å².